The Morgan fingerprint density at radius 2 is 1.71 bits per heavy atom. The van der Waals surface area contributed by atoms with Crippen LogP contribution in [0.25, 0.3) is 0 Å². The average Bonchev–Trinajstić information content (AvgIpc) is 2.70. The summed E-state index contributed by atoms with van der Waals surface area (Å²) in [7, 11) is 0. The van der Waals surface area contributed by atoms with Gasteiger partial charge in [0.05, 0.1) is 0 Å². The van der Waals surface area contributed by atoms with Crippen LogP contribution in [0.4, 0.5) is 0 Å². The summed E-state index contributed by atoms with van der Waals surface area (Å²) < 4.78 is 0. The smallest absolute Gasteiger partial charge is 0.222 e. The molecule has 1 fully saturated rings. The third-order valence-electron chi connectivity index (χ3n) is 2.85. The van der Waals surface area contributed by atoms with Crippen LogP contribution in [0.15, 0.2) is 0 Å². The Morgan fingerprint density at radius 1 is 1.07 bits per heavy atom. The SMILES string of the molecule is [CH2]CCCCCCC(=O)N1CCCC1. The van der Waals surface area contributed by atoms with Crippen molar-refractivity contribution in [1.29, 1.82) is 0 Å². The van der Waals surface area contributed by atoms with Crippen molar-refractivity contribution in [2.45, 2.75) is 51.4 Å². The van der Waals surface area contributed by atoms with Gasteiger partial charge in [-0.05, 0) is 19.3 Å². The van der Waals surface area contributed by atoms with E-state index in [0.29, 0.717) is 5.91 Å². The summed E-state index contributed by atoms with van der Waals surface area (Å²) in [5, 5.41) is 0. The normalized spacial score (nSPS) is 16.2. The second-order valence-electron chi connectivity index (χ2n) is 4.11. The van der Waals surface area contributed by atoms with E-state index < -0.39 is 0 Å². The summed E-state index contributed by atoms with van der Waals surface area (Å²) in [6.07, 6.45) is 8.89. The van der Waals surface area contributed by atoms with E-state index in [0.717, 1.165) is 32.4 Å². The van der Waals surface area contributed by atoms with Gasteiger partial charge in [0.15, 0.2) is 0 Å². The van der Waals surface area contributed by atoms with Crippen LogP contribution in [0, 0.1) is 6.92 Å². The number of carbonyl (C=O) groups excluding carboxylic acids is 1. The number of rotatable bonds is 6. The number of hydrogen-bond acceptors (Lipinski definition) is 1. The van der Waals surface area contributed by atoms with E-state index in [1.807, 2.05) is 4.90 Å². The molecular formula is C12H22NO. The molecule has 0 bridgehead atoms. The van der Waals surface area contributed by atoms with Gasteiger partial charge in [-0.15, -0.1) is 0 Å². The number of amides is 1. The topological polar surface area (TPSA) is 20.3 Å². The predicted octanol–water partition coefficient (Wildman–Crippen LogP) is 2.78. The Hall–Kier alpha value is -0.530. The highest BCUT2D eigenvalue weighted by atomic mass is 16.2. The lowest BCUT2D eigenvalue weighted by molar-refractivity contribution is -0.130. The van der Waals surface area contributed by atoms with Crippen LogP contribution < -0.4 is 0 Å². The first-order chi connectivity index (χ1) is 6.84. The van der Waals surface area contributed by atoms with Crippen LogP contribution in [-0.2, 0) is 4.79 Å². The Kier molecular flexibility index (Phi) is 5.65. The van der Waals surface area contributed by atoms with Crippen molar-refractivity contribution >= 4 is 5.91 Å². The number of nitrogens with zero attached hydrogens (tertiary/aromatic N) is 1. The first-order valence-electron chi connectivity index (χ1n) is 5.91. The van der Waals surface area contributed by atoms with Crippen LogP contribution >= 0.6 is 0 Å². The monoisotopic (exact) mass is 196 g/mol. The van der Waals surface area contributed by atoms with Crippen LogP contribution in [0.3, 0.4) is 0 Å². The highest BCUT2D eigenvalue weighted by Gasteiger charge is 2.16. The Bertz CT molecular complexity index is 162. The molecule has 1 aliphatic rings. The van der Waals surface area contributed by atoms with E-state index in [2.05, 4.69) is 6.92 Å². The highest BCUT2D eigenvalue weighted by molar-refractivity contribution is 5.76. The molecule has 0 spiro atoms. The molecule has 1 rings (SSSR count). The molecule has 0 saturated carbocycles. The van der Waals surface area contributed by atoms with Gasteiger partial charge in [0.25, 0.3) is 0 Å². The summed E-state index contributed by atoms with van der Waals surface area (Å²) in [4.78, 5) is 13.6. The quantitative estimate of drug-likeness (QED) is 0.598. The Morgan fingerprint density at radius 3 is 2.36 bits per heavy atom. The summed E-state index contributed by atoms with van der Waals surface area (Å²) in [6.45, 7) is 5.80. The van der Waals surface area contributed by atoms with Crippen LogP contribution in [0.2, 0.25) is 0 Å². The van der Waals surface area contributed by atoms with Crippen molar-refractivity contribution < 1.29 is 4.79 Å². The second kappa shape index (κ2) is 6.86. The maximum absolute atomic E-state index is 11.6. The van der Waals surface area contributed by atoms with Crippen molar-refractivity contribution in [2.75, 3.05) is 13.1 Å². The van der Waals surface area contributed by atoms with Gasteiger partial charge in [-0.3, -0.25) is 4.79 Å². The van der Waals surface area contributed by atoms with Crippen molar-refractivity contribution in [2.24, 2.45) is 0 Å². The number of carbonyl (C=O) groups is 1. The van der Waals surface area contributed by atoms with Crippen molar-refractivity contribution in [3.8, 4) is 0 Å². The zero-order chi connectivity index (χ0) is 10.2. The molecule has 81 valence electrons. The fraction of sp³-hybridized carbons (Fsp3) is 0.833. The molecule has 0 aromatic carbocycles. The Balaban J connectivity index is 1.97. The summed E-state index contributed by atoms with van der Waals surface area (Å²) in [5.41, 5.74) is 0. The molecule has 0 unspecified atom stereocenters. The zero-order valence-corrected chi connectivity index (χ0v) is 9.13. The third-order valence-corrected chi connectivity index (χ3v) is 2.85. The van der Waals surface area contributed by atoms with Crippen molar-refractivity contribution in [3.05, 3.63) is 6.92 Å². The highest BCUT2D eigenvalue weighted by Crippen LogP contribution is 2.11. The number of hydrogen-bond donors (Lipinski definition) is 0. The van der Waals surface area contributed by atoms with E-state index in [4.69, 9.17) is 0 Å². The molecule has 1 amide bonds. The van der Waals surface area contributed by atoms with Crippen LogP contribution in [-0.4, -0.2) is 23.9 Å². The molecule has 1 heterocycles. The van der Waals surface area contributed by atoms with Gasteiger partial charge in [0.1, 0.15) is 0 Å². The molecule has 2 nitrogen and oxygen atoms in total. The van der Waals surface area contributed by atoms with E-state index in [-0.39, 0.29) is 0 Å². The average molecular weight is 196 g/mol. The molecule has 0 N–H and O–H groups in total. The lowest BCUT2D eigenvalue weighted by atomic mass is 10.1. The first kappa shape index (κ1) is 11.5. The van der Waals surface area contributed by atoms with E-state index >= 15 is 0 Å². The van der Waals surface area contributed by atoms with Crippen LogP contribution in [0.1, 0.15) is 51.4 Å². The van der Waals surface area contributed by atoms with Gasteiger partial charge in [-0.25, -0.2) is 0 Å². The van der Waals surface area contributed by atoms with Gasteiger partial charge in [-0.1, -0.05) is 32.6 Å². The molecule has 0 aromatic heterocycles. The van der Waals surface area contributed by atoms with Crippen molar-refractivity contribution in [3.63, 3.8) is 0 Å². The molecule has 1 aliphatic heterocycles. The lowest BCUT2D eigenvalue weighted by Gasteiger charge is -2.14. The minimum Gasteiger partial charge on any atom is -0.343 e. The van der Waals surface area contributed by atoms with Gasteiger partial charge in [0, 0.05) is 19.5 Å². The summed E-state index contributed by atoms with van der Waals surface area (Å²) >= 11 is 0. The van der Waals surface area contributed by atoms with Gasteiger partial charge < -0.3 is 4.90 Å². The number of likely N-dealkylation sites (tertiary alicyclic amines) is 1. The number of unbranched alkanes of at least 4 members (excludes halogenated alkanes) is 4. The van der Waals surface area contributed by atoms with Gasteiger partial charge in [-0.2, -0.15) is 0 Å². The van der Waals surface area contributed by atoms with Gasteiger partial charge >= 0.3 is 0 Å². The minimum atomic E-state index is 0.372. The molecular weight excluding hydrogens is 174 g/mol. The molecule has 0 aromatic rings. The molecule has 2 heteroatoms. The maximum atomic E-state index is 11.6. The standard InChI is InChI=1S/C12H22NO/c1-2-3-4-5-6-9-12(14)13-10-7-8-11-13/h1-11H2. The first-order valence-corrected chi connectivity index (χ1v) is 5.91. The van der Waals surface area contributed by atoms with Crippen LogP contribution in [0.5, 0.6) is 0 Å². The third kappa shape index (κ3) is 4.12. The minimum absolute atomic E-state index is 0.372. The van der Waals surface area contributed by atoms with E-state index in [1.54, 1.807) is 0 Å². The second-order valence-corrected chi connectivity index (χ2v) is 4.11. The summed E-state index contributed by atoms with van der Waals surface area (Å²) in [5.74, 6) is 0.372. The molecule has 14 heavy (non-hydrogen) atoms. The van der Waals surface area contributed by atoms with E-state index in [9.17, 15) is 4.79 Å². The van der Waals surface area contributed by atoms with Crippen molar-refractivity contribution in [1.82, 2.24) is 4.90 Å². The molecule has 0 aliphatic carbocycles. The van der Waals surface area contributed by atoms with Gasteiger partial charge in [0.2, 0.25) is 5.91 Å². The fourth-order valence-corrected chi connectivity index (χ4v) is 1.93. The molecule has 0 atom stereocenters. The predicted molar refractivity (Wildman–Crippen MR) is 58.9 cm³/mol. The maximum Gasteiger partial charge on any atom is 0.222 e. The lowest BCUT2D eigenvalue weighted by Crippen LogP contribution is -2.27. The summed E-state index contributed by atoms with van der Waals surface area (Å²) in [6, 6.07) is 0. The molecule has 1 saturated heterocycles. The molecule has 1 radical (unpaired) electrons. The Labute approximate surface area is 87.7 Å². The largest absolute Gasteiger partial charge is 0.343 e. The zero-order valence-electron chi connectivity index (χ0n) is 9.13. The van der Waals surface area contributed by atoms with E-state index in [1.165, 1.54) is 32.1 Å². The fourth-order valence-electron chi connectivity index (χ4n) is 1.93.